The molecule has 0 aliphatic heterocycles. The highest BCUT2D eigenvalue weighted by molar-refractivity contribution is 6.30. The zero-order chi connectivity index (χ0) is 13.3. The molecule has 2 aromatic rings. The quantitative estimate of drug-likeness (QED) is 0.479. The van der Waals surface area contributed by atoms with Crippen LogP contribution in [0.5, 0.6) is 0 Å². The summed E-state index contributed by atoms with van der Waals surface area (Å²) < 4.78 is 0. The summed E-state index contributed by atoms with van der Waals surface area (Å²) in [7, 11) is 0. The van der Waals surface area contributed by atoms with E-state index in [1.807, 2.05) is 0 Å². The molecule has 1 aromatic carbocycles. The third-order valence-electron chi connectivity index (χ3n) is 2.33. The number of aromatic nitrogens is 2. The van der Waals surface area contributed by atoms with Gasteiger partial charge in [-0.25, -0.2) is 9.97 Å². The zero-order valence-electron chi connectivity index (χ0n) is 9.22. The molecule has 0 N–H and O–H groups in total. The minimum Gasteiger partial charge on any atom is -0.258 e. The highest BCUT2D eigenvalue weighted by atomic mass is 35.5. The number of nitrogens with zero attached hydrogens (tertiary/aromatic N) is 3. The Balaban J connectivity index is 2.69. The SMILES string of the molecule is Cc1nc(Cl)nc(-c2ccc(Cl)cc2)c1[N+](=O)[O-]. The number of nitro groups is 1. The molecule has 7 heteroatoms. The number of hydrogen-bond acceptors (Lipinski definition) is 4. The van der Waals surface area contributed by atoms with Crippen molar-refractivity contribution in [3.8, 4) is 11.3 Å². The minimum absolute atomic E-state index is 0.0250. The van der Waals surface area contributed by atoms with Gasteiger partial charge in [0.25, 0.3) is 0 Å². The van der Waals surface area contributed by atoms with Gasteiger partial charge in [0, 0.05) is 10.6 Å². The molecule has 0 saturated heterocycles. The predicted molar refractivity (Wildman–Crippen MR) is 68.9 cm³/mol. The molecule has 0 atom stereocenters. The highest BCUT2D eigenvalue weighted by Gasteiger charge is 2.22. The largest absolute Gasteiger partial charge is 0.316 e. The van der Waals surface area contributed by atoms with Gasteiger partial charge in [-0.15, -0.1) is 0 Å². The number of rotatable bonds is 2. The van der Waals surface area contributed by atoms with E-state index in [4.69, 9.17) is 23.2 Å². The third-order valence-corrected chi connectivity index (χ3v) is 2.75. The first kappa shape index (κ1) is 12.7. The Labute approximate surface area is 113 Å². The molecular formula is C11H7Cl2N3O2. The Morgan fingerprint density at radius 3 is 2.33 bits per heavy atom. The van der Waals surface area contributed by atoms with E-state index in [2.05, 4.69) is 9.97 Å². The van der Waals surface area contributed by atoms with E-state index >= 15 is 0 Å². The lowest BCUT2D eigenvalue weighted by molar-refractivity contribution is -0.385. The van der Waals surface area contributed by atoms with Crippen molar-refractivity contribution in [1.82, 2.24) is 9.97 Å². The summed E-state index contributed by atoms with van der Waals surface area (Å²) in [6.07, 6.45) is 0. The summed E-state index contributed by atoms with van der Waals surface area (Å²) in [4.78, 5) is 18.2. The van der Waals surface area contributed by atoms with Crippen LogP contribution in [0.15, 0.2) is 24.3 Å². The van der Waals surface area contributed by atoms with E-state index in [-0.39, 0.29) is 22.4 Å². The summed E-state index contributed by atoms with van der Waals surface area (Å²) in [5.74, 6) is 0. The lowest BCUT2D eigenvalue weighted by Gasteiger charge is -2.05. The van der Waals surface area contributed by atoms with Crippen molar-refractivity contribution in [2.75, 3.05) is 0 Å². The topological polar surface area (TPSA) is 68.9 Å². The lowest BCUT2D eigenvalue weighted by atomic mass is 10.1. The van der Waals surface area contributed by atoms with Gasteiger partial charge in [0.15, 0.2) is 5.69 Å². The maximum Gasteiger partial charge on any atom is 0.316 e. The normalized spacial score (nSPS) is 10.4. The summed E-state index contributed by atoms with van der Waals surface area (Å²) in [6.45, 7) is 1.52. The van der Waals surface area contributed by atoms with E-state index < -0.39 is 4.92 Å². The summed E-state index contributed by atoms with van der Waals surface area (Å²) >= 11 is 11.5. The fourth-order valence-corrected chi connectivity index (χ4v) is 1.90. The van der Waals surface area contributed by atoms with E-state index in [1.165, 1.54) is 6.92 Å². The first-order valence-corrected chi connectivity index (χ1v) is 5.69. The Bertz CT molecular complexity index is 614. The molecule has 0 fully saturated rings. The molecule has 0 spiro atoms. The van der Waals surface area contributed by atoms with Gasteiger partial charge in [-0.2, -0.15) is 0 Å². The van der Waals surface area contributed by atoms with Crippen LogP contribution in [0.1, 0.15) is 5.69 Å². The molecule has 0 bridgehead atoms. The zero-order valence-corrected chi connectivity index (χ0v) is 10.7. The third kappa shape index (κ3) is 2.42. The lowest BCUT2D eigenvalue weighted by Crippen LogP contribution is -2.01. The first-order valence-electron chi connectivity index (χ1n) is 4.93. The van der Waals surface area contributed by atoms with Gasteiger partial charge in [0.1, 0.15) is 5.69 Å². The van der Waals surface area contributed by atoms with Crippen LogP contribution in [0.4, 0.5) is 5.69 Å². The average molecular weight is 284 g/mol. The Kier molecular flexibility index (Phi) is 3.45. The van der Waals surface area contributed by atoms with Crippen LogP contribution in [-0.4, -0.2) is 14.9 Å². The highest BCUT2D eigenvalue weighted by Crippen LogP contribution is 2.31. The van der Waals surface area contributed by atoms with E-state index in [1.54, 1.807) is 24.3 Å². The number of halogens is 2. The van der Waals surface area contributed by atoms with Gasteiger partial charge >= 0.3 is 5.69 Å². The van der Waals surface area contributed by atoms with Crippen molar-refractivity contribution in [3.05, 3.63) is 50.4 Å². The van der Waals surface area contributed by atoms with Crippen molar-refractivity contribution in [2.45, 2.75) is 6.92 Å². The number of hydrogen-bond donors (Lipinski definition) is 0. The number of aryl methyl sites for hydroxylation is 1. The second kappa shape index (κ2) is 4.88. The van der Waals surface area contributed by atoms with E-state index in [9.17, 15) is 10.1 Å². The smallest absolute Gasteiger partial charge is 0.258 e. The molecule has 0 aliphatic rings. The van der Waals surface area contributed by atoms with Gasteiger partial charge in [-0.1, -0.05) is 23.7 Å². The Morgan fingerprint density at radius 1 is 1.17 bits per heavy atom. The molecule has 0 amide bonds. The van der Waals surface area contributed by atoms with Crippen LogP contribution >= 0.6 is 23.2 Å². The Hall–Kier alpha value is -1.72. The van der Waals surface area contributed by atoms with Gasteiger partial charge in [-0.05, 0) is 30.7 Å². The van der Waals surface area contributed by atoms with Gasteiger partial charge < -0.3 is 0 Å². The Morgan fingerprint density at radius 2 is 1.78 bits per heavy atom. The minimum atomic E-state index is -0.518. The van der Waals surface area contributed by atoms with Crippen molar-refractivity contribution in [1.29, 1.82) is 0 Å². The van der Waals surface area contributed by atoms with Crippen molar-refractivity contribution in [3.63, 3.8) is 0 Å². The average Bonchev–Trinajstić information content (AvgIpc) is 2.28. The van der Waals surface area contributed by atoms with E-state index in [0.717, 1.165) is 0 Å². The molecular weight excluding hydrogens is 277 g/mol. The van der Waals surface area contributed by atoms with Crippen molar-refractivity contribution >= 4 is 28.9 Å². The van der Waals surface area contributed by atoms with Gasteiger partial charge in [-0.3, -0.25) is 10.1 Å². The van der Waals surface area contributed by atoms with Crippen LogP contribution < -0.4 is 0 Å². The summed E-state index contributed by atoms with van der Waals surface area (Å²) in [5, 5.41) is 11.6. The molecule has 92 valence electrons. The van der Waals surface area contributed by atoms with Crippen LogP contribution in [0, 0.1) is 17.0 Å². The van der Waals surface area contributed by atoms with Crippen molar-refractivity contribution in [2.24, 2.45) is 0 Å². The maximum absolute atomic E-state index is 11.1. The first-order chi connectivity index (χ1) is 8.49. The van der Waals surface area contributed by atoms with Crippen LogP contribution in [0.2, 0.25) is 10.3 Å². The van der Waals surface area contributed by atoms with Crippen LogP contribution in [-0.2, 0) is 0 Å². The second-order valence-corrected chi connectivity index (χ2v) is 4.31. The molecule has 0 aliphatic carbocycles. The van der Waals surface area contributed by atoms with Crippen LogP contribution in [0.3, 0.4) is 0 Å². The fraction of sp³-hybridized carbons (Fsp3) is 0.0909. The fourth-order valence-electron chi connectivity index (χ4n) is 1.56. The van der Waals surface area contributed by atoms with Crippen LogP contribution in [0.25, 0.3) is 11.3 Å². The molecule has 1 aromatic heterocycles. The van der Waals surface area contributed by atoms with Crippen molar-refractivity contribution < 1.29 is 4.92 Å². The molecule has 0 radical (unpaired) electrons. The monoisotopic (exact) mass is 283 g/mol. The molecule has 18 heavy (non-hydrogen) atoms. The molecule has 0 saturated carbocycles. The second-order valence-electron chi connectivity index (χ2n) is 3.54. The number of benzene rings is 1. The van der Waals surface area contributed by atoms with Gasteiger partial charge in [0.05, 0.1) is 4.92 Å². The summed E-state index contributed by atoms with van der Waals surface area (Å²) in [6, 6.07) is 6.55. The standard InChI is InChI=1S/C11H7Cl2N3O2/c1-6-10(16(17)18)9(15-11(13)14-6)7-2-4-8(12)5-3-7/h2-5H,1H3. The summed E-state index contributed by atoms with van der Waals surface area (Å²) in [5.41, 5.74) is 0.833. The molecule has 5 nitrogen and oxygen atoms in total. The molecule has 0 unspecified atom stereocenters. The van der Waals surface area contributed by atoms with E-state index in [0.29, 0.717) is 10.6 Å². The molecule has 1 heterocycles. The molecule has 2 rings (SSSR count). The predicted octanol–water partition coefficient (Wildman–Crippen LogP) is 3.67. The maximum atomic E-state index is 11.1. The van der Waals surface area contributed by atoms with Gasteiger partial charge in [0.2, 0.25) is 5.28 Å².